The molecule has 0 bridgehead atoms. The molecule has 0 aromatic heterocycles. The number of methoxy groups -OCH3 is 1. The van der Waals surface area contributed by atoms with Crippen molar-refractivity contribution >= 4 is 11.8 Å². The van der Waals surface area contributed by atoms with E-state index in [1.807, 2.05) is 0 Å². The second-order valence-corrected chi connectivity index (χ2v) is 7.22. The Bertz CT molecular complexity index is 937. The van der Waals surface area contributed by atoms with Gasteiger partial charge in [-0.3, -0.25) is 9.59 Å². The van der Waals surface area contributed by atoms with Gasteiger partial charge in [-0.05, 0) is 48.4 Å². The number of piperazine rings is 1. The molecule has 0 N–H and O–H groups in total. The highest BCUT2D eigenvalue weighted by atomic mass is 19.4. The van der Waals surface area contributed by atoms with Gasteiger partial charge in [0.05, 0.1) is 12.7 Å². The molecule has 31 heavy (non-hydrogen) atoms. The summed E-state index contributed by atoms with van der Waals surface area (Å²) in [5.74, 6) is -0.806. The van der Waals surface area contributed by atoms with Crippen LogP contribution in [0.4, 0.5) is 17.6 Å². The van der Waals surface area contributed by atoms with Gasteiger partial charge in [0.15, 0.2) is 11.6 Å². The van der Waals surface area contributed by atoms with Crippen molar-refractivity contribution in [3.8, 4) is 5.75 Å². The van der Waals surface area contributed by atoms with Gasteiger partial charge in [0.25, 0.3) is 5.91 Å². The first-order chi connectivity index (χ1) is 14.7. The number of carbonyl (C=O) groups excluding carboxylic acids is 2. The summed E-state index contributed by atoms with van der Waals surface area (Å²) in [6.45, 7) is 1.26. The van der Waals surface area contributed by atoms with Crippen LogP contribution in [-0.2, 0) is 17.4 Å². The molecule has 1 aliphatic heterocycles. The Balaban J connectivity index is 1.50. The molecule has 1 aliphatic rings. The smallest absolute Gasteiger partial charge is 0.416 e. The number of nitrogens with zero attached hydrogens (tertiary/aromatic N) is 2. The lowest BCUT2D eigenvalue weighted by Crippen LogP contribution is -2.50. The Morgan fingerprint density at radius 2 is 1.58 bits per heavy atom. The van der Waals surface area contributed by atoms with Crippen molar-refractivity contribution in [1.82, 2.24) is 9.80 Å². The molecule has 5 nitrogen and oxygen atoms in total. The van der Waals surface area contributed by atoms with Crippen molar-refractivity contribution in [2.45, 2.75) is 19.0 Å². The third-order valence-electron chi connectivity index (χ3n) is 5.22. The van der Waals surface area contributed by atoms with Gasteiger partial charge in [-0.15, -0.1) is 0 Å². The van der Waals surface area contributed by atoms with Gasteiger partial charge in [0.1, 0.15) is 0 Å². The number of hydrogen-bond donors (Lipinski definition) is 0. The Labute approximate surface area is 177 Å². The molecule has 0 aliphatic carbocycles. The molecule has 2 aromatic rings. The lowest BCUT2D eigenvalue weighted by atomic mass is 10.1. The van der Waals surface area contributed by atoms with Crippen molar-refractivity contribution in [1.29, 1.82) is 0 Å². The molecule has 0 radical (unpaired) electrons. The highest BCUT2D eigenvalue weighted by molar-refractivity contribution is 5.94. The lowest BCUT2D eigenvalue weighted by Gasteiger charge is -2.35. The number of aryl methyl sites for hydroxylation is 1. The van der Waals surface area contributed by atoms with Gasteiger partial charge in [0, 0.05) is 38.2 Å². The van der Waals surface area contributed by atoms with Crippen molar-refractivity contribution in [3.05, 3.63) is 65.0 Å². The first kappa shape index (κ1) is 22.6. The highest BCUT2D eigenvalue weighted by Gasteiger charge is 2.31. The summed E-state index contributed by atoms with van der Waals surface area (Å²) in [7, 11) is 1.38. The Kier molecular flexibility index (Phi) is 6.82. The van der Waals surface area contributed by atoms with E-state index in [9.17, 15) is 27.2 Å². The zero-order valence-corrected chi connectivity index (χ0v) is 16.9. The van der Waals surface area contributed by atoms with Gasteiger partial charge in [-0.2, -0.15) is 13.2 Å². The molecule has 3 rings (SSSR count). The molecular formula is C22H22F4N2O3. The third-order valence-corrected chi connectivity index (χ3v) is 5.22. The number of benzene rings is 2. The van der Waals surface area contributed by atoms with Crippen LogP contribution in [0.3, 0.4) is 0 Å². The van der Waals surface area contributed by atoms with Crippen molar-refractivity contribution in [3.63, 3.8) is 0 Å². The molecule has 2 amide bonds. The molecule has 9 heteroatoms. The second-order valence-electron chi connectivity index (χ2n) is 7.22. The maximum Gasteiger partial charge on any atom is 0.416 e. The van der Waals surface area contributed by atoms with Crippen LogP contribution in [0.2, 0.25) is 0 Å². The quantitative estimate of drug-likeness (QED) is 0.668. The van der Waals surface area contributed by atoms with E-state index in [0.29, 0.717) is 38.2 Å². The molecule has 0 unspecified atom stereocenters. The van der Waals surface area contributed by atoms with Crippen LogP contribution in [0, 0.1) is 5.82 Å². The summed E-state index contributed by atoms with van der Waals surface area (Å²) in [5, 5.41) is 0. The summed E-state index contributed by atoms with van der Waals surface area (Å²) < 4.78 is 56.6. The van der Waals surface area contributed by atoms with Crippen molar-refractivity contribution in [2.75, 3.05) is 33.3 Å². The molecular weight excluding hydrogens is 416 g/mol. The summed E-state index contributed by atoms with van der Waals surface area (Å²) >= 11 is 0. The SMILES string of the molecule is COc1ccc(CCC(=O)N2CCN(C(=O)c3ccc(C(F)(F)F)cc3)CC2)cc1F. The molecule has 1 fully saturated rings. The second kappa shape index (κ2) is 9.36. The fourth-order valence-electron chi connectivity index (χ4n) is 3.42. The molecule has 0 atom stereocenters. The standard InChI is InChI=1S/C22H22F4N2O3/c1-31-19-8-2-15(14-18(19)23)3-9-20(29)27-10-12-28(13-11-27)21(30)16-4-6-17(7-5-16)22(24,25)26/h2,4-8,14H,3,9-13H2,1H3. The monoisotopic (exact) mass is 438 g/mol. The topological polar surface area (TPSA) is 49.9 Å². The lowest BCUT2D eigenvalue weighted by molar-refractivity contribution is -0.137. The molecule has 1 heterocycles. The van der Waals surface area contributed by atoms with Crippen LogP contribution in [0.25, 0.3) is 0 Å². The van der Waals surface area contributed by atoms with Crippen molar-refractivity contribution < 1.29 is 31.9 Å². The summed E-state index contributed by atoms with van der Waals surface area (Å²) in [6.07, 6.45) is -3.87. The fraction of sp³-hybridized carbons (Fsp3) is 0.364. The van der Waals surface area contributed by atoms with Crippen LogP contribution < -0.4 is 4.74 Å². The average molecular weight is 438 g/mol. The number of alkyl halides is 3. The Morgan fingerprint density at radius 1 is 0.968 bits per heavy atom. The highest BCUT2D eigenvalue weighted by Crippen LogP contribution is 2.29. The van der Waals surface area contributed by atoms with Gasteiger partial charge >= 0.3 is 6.18 Å². The summed E-state index contributed by atoms with van der Waals surface area (Å²) in [6, 6.07) is 8.65. The van der Waals surface area contributed by atoms with E-state index in [1.54, 1.807) is 11.0 Å². The van der Waals surface area contributed by atoms with E-state index in [2.05, 4.69) is 0 Å². The number of amides is 2. The first-order valence-electron chi connectivity index (χ1n) is 9.76. The number of ether oxygens (including phenoxy) is 1. The Morgan fingerprint density at radius 3 is 2.13 bits per heavy atom. The minimum Gasteiger partial charge on any atom is -0.494 e. The molecule has 0 spiro atoms. The van der Waals surface area contributed by atoms with E-state index in [4.69, 9.17) is 4.74 Å². The molecule has 0 saturated carbocycles. The van der Waals surface area contributed by atoms with Gasteiger partial charge in [-0.1, -0.05) is 6.07 Å². The minimum absolute atomic E-state index is 0.0992. The molecule has 1 saturated heterocycles. The third kappa shape index (κ3) is 5.53. The van der Waals surface area contributed by atoms with E-state index < -0.39 is 17.6 Å². The van der Waals surface area contributed by atoms with Crippen LogP contribution in [0.5, 0.6) is 5.75 Å². The predicted molar refractivity (Wildman–Crippen MR) is 105 cm³/mol. The van der Waals surface area contributed by atoms with Gasteiger partial charge < -0.3 is 14.5 Å². The molecule has 2 aromatic carbocycles. The largest absolute Gasteiger partial charge is 0.494 e. The number of halogens is 4. The zero-order chi connectivity index (χ0) is 22.6. The van der Waals surface area contributed by atoms with Crippen LogP contribution in [-0.4, -0.2) is 54.9 Å². The molecule has 166 valence electrons. The van der Waals surface area contributed by atoms with Gasteiger partial charge in [0.2, 0.25) is 5.91 Å². The first-order valence-corrected chi connectivity index (χ1v) is 9.76. The van der Waals surface area contributed by atoms with E-state index in [1.165, 1.54) is 24.1 Å². The predicted octanol–water partition coefficient (Wildman–Crippen LogP) is 3.77. The maximum absolute atomic E-state index is 13.8. The van der Waals surface area contributed by atoms with E-state index in [-0.39, 0.29) is 29.5 Å². The number of carbonyl (C=O) groups is 2. The fourth-order valence-corrected chi connectivity index (χ4v) is 3.42. The maximum atomic E-state index is 13.8. The van der Waals surface area contributed by atoms with Crippen LogP contribution in [0.15, 0.2) is 42.5 Å². The van der Waals surface area contributed by atoms with E-state index >= 15 is 0 Å². The summed E-state index contributed by atoms with van der Waals surface area (Å²) in [4.78, 5) is 28.1. The van der Waals surface area contributed by atoms with E-state index in [0.717, 1.165) is 24.3 Å². The Hall–Kier alpha value is -3.10. The van der Waals surface area contributed by atoms with Crippen LogP contribution in [0.1, 0.15) is 27.9 Å². The normalized spacial score (nSPS) is 14.5. The van der Waals surface area contributed by atoms with Crippen LogP contribution >= 0.6 is 0 Å². The average Bonchev–Trinajstić information content (AvgIpc) is 2.76. The number of hydrogen-bond acceptors (Lipinski definition) is 3. The van der Waals surface area contributed by atoms with Crippen molar-refractivity contribution in [2.24, 2.45) is 0 Å². The summed E-state index contributed by atoms with van der Waals surface area (Å²) in [5.41, 5.74) is 0.0493. The minimum atomic E-state index is -4.45. The number of rotatable bonds is 5. The van der Waals surface area contributed by atoms with Gasteiger partial charge in [-0.25, -0.2) is 4.39 Å². The zero-order valence-electron chi connectivity index (χ0n) is 16.9.